The first-order chi connectivity index (χ1) is 6.70. The molecule has 1 amide bonds. The lowest BCUT2D eigenvalue weighted by atomic mass is 9.97. The molecule has 1 heterocycles. The Kier molecular flexibility index (Phi) is 4.43. The number of carbonyl (C=O) groups excluding carboxylic acids is 1. The highest BCUT2D eigenvalue weighted by atomic mass is 16.2. The number of nitrogens with zero attached hydrogens (tertiary/aromatic N) is 1. The van der Waals surface area contributed by atoms with Crippen molar-refractivity contribution in [3.05, 3.63) is 0 Å². The molecule has 82 valence electrons. The molecule has 0 bridgehead atoms. The van der Waals surface area contributed by atoms with Gasteiger partial charge in [-0.15, -0.1) is 0 Å². The van der Waals surface area contributed by atoms with Crippen LogP contribution in [0.3, 0.4) is 0 Å². The molecule has 2 atom stereocenters. The van der Waals surface area contributed by atoms with E-state index in [4.69, 9.17) is 0 Å². The van der Waals surface area contributed by atoms with E-state index < -0.39 is 0 Å². The van der Waals surface area contributed by atoms with Gasteiger partial charge in [-0.3, -0.25) is 4.79 Å². The van der Waals surface area contributed by atoms with Gasteiger partial charge in [0.2, 0.25) is 5.91 Å². The minimum absolute atomic E-state index is 0.210. The van der Waals surface area contributed by atoms with Gasteiger partial charge in [-0.2, -0.15) is 0 Å². The third-order valence-corrected chi connectivity index (χ3v) is 3.42. The summed E-state index contributed by atoms with van der Waals surface area (Å²) < 4.78 is 0. The summed E-state index contributed by atoms with van der Waals surface area (Å²) in [6, 6.07) is 0.519. The second kappa shape index (κ2) is 5.38. The third-order valence-electron chi connectivity index (χ3n) is 3.42. The Morgan fingerprint density at radius 2 is 2.14 bits per heavy atom. The lowest BCUT2D eigenvalue weighted by molar-refractivity contribution is -0.138. The zero-order valence-electron chi connectivity index (χ0n) is 9.75. The van der Waals surface area contributed by atoms with Crippen LogP contribution < -0.4 is 0 Å². The minimum atomic E-state index is 0.210. The van der Waals surface area contributed by atoms with Crippen molar-refractivity contribution in [3.63, 3.8) is 0 Å². The van der Waals surface area contributed by atoms with Gasteiger partial charge >= 0.3 is 0 Å². The van der Waals surface area contributed by atoms with E-state index in [0.717, 1.165) is 19.4 Å². The summed E-state index contributed by atoms with van der Waals surface area (Å²) in [5, 5.41) is 0. The maximum absolute atomic E-state index is 12.0. The van der Waals surface area contributed by atoms with Gasteiger partial charge < -0.3 is 4.90 Å². The molecule has 1 aliphatic heterocycles. The van der Waals surface area contributed by atoms with Crippen molar-refractivity contribution in [3.8, 4) is 0 Å². The van der Waals surface area contributed by atoms with Crippen molar-refractivity contribution in [2.24, 2.45) is 5.92 Å². The molecule has 0 spiro atoms. The summed E-state index contributed by atoms with van der Waals surface area (Å²) >= 11 is 0. The van der Waals surface area contributed by atoms with Crippen molar-refractivity contribution in [2.75, 3.05) is 6.54 Å². The Balaban J connectivity index is 2.58. The largest absolute Gasteiger partial charge is 0.340 e. The first-order valence-electron chi connectivity index (χ1n) is 6.01. The van der Waals surface area contributed by atoms with E-state index in [0.29, 0.717) is 11.9 Å². The summed E-state index contributed by atoms with van der Waals surface area (Å²) in [5.74, 6) is 0.584. The van der Waals surface area contributed by atoms with Crippen LogP contribution in [0, 0.1) is 5.92 Å². The average Bonchev–Trinajstić information content (AvgIpc) is 2.26. The normalized spacial score (nSPS) is 24.8. The molecule has 1 saturated heterocycles. The Morgan fingerprint density at radius 1 is 1.43 bits per heavy atom. The fourth-order valence-electron chi connectivity index (χ4n) is 2.17. The lowest BCUT2D eigenvalue weighted by Crippen LogP contribution is -2.45. The zero-order valence-corrected chi connectivity index (χ0v) is 9.75. The summed E-state index contributed by atoms with van der Waals surface area (Å²) in [6.07, 6.45) is 5.77. The quantitative estimate of drug-likeness (QED) is 0.681. The Hall–Kier alpha value is -0.530. The van der Waals surface area contributed by atoms with Crippen molar-refractivity contribution in [1.82, 2.24) is 4.90 Å². The van der Waals surface area contributed by atoms with E-state index in [-0.39, 0.29) is 5.92 Å². The lowest BCUT2D eigenvalue weighted by Gasteiger charge is -2.36. The maximum atomic E-state index is 12.0. The van der Waals surface area contributed by atoms with Crippen LogP contribution in [0.4, 0.5) is 0 Å². The number of likely N-dealkylation sites (tertiary alicyclic amines) is 1. The molecule has 0 aliphatic carbocycles. The molecule has 1 rings (SSSR count). The monoisotopic (exact) mass is 197 g/mol. The minimum Gasteiger partial charge on any atom is -0.340 e. The number of rotatable bonds is 3. The van der Waals surface area contributed by atoms with Crippen LogP contribution in [0.2, 0.25) is 0 Å². The standard InChI is InChI=1S/C12H23NO/c1-4-10(3)12(14)13-9-7-6-8-11(13)5-2/h10-11H,4-9H2,1-3H3/t10-,11+/m1/s1. The zero-order chi connectivity index (χ0) is 10.6. The van der Waals surface area contributed by atoms with Gasteiger partial charge in [-0.25, -0.2) is 0 Å². The third kappa shape index (κ3) is 2.49. The molecule has 0 aromatic heterocycles. The second-order valence-electron chi connectivity index (χ2n) is 4.40. The van der Waals surface area contributed by atoms with Gasteiger partial charge in [0.15, 0.2) is 0 Å². The molecular formula is C12H23NO. The molecule has 0 aromatic carbocycles. The van der Waals surface area contributed by atoms with Gasteiger partial charge in [0, 0.05) is 18.5 Å². The smallest absolute Gasteiger partial charge is 0.225 e. The number of carbonyl (C=O) groups is 1. The van der Waals surface area contributed by atoms with E-state index in [1.807, 2.05) is 6.92 Å². The van der Waals surface area contributed by atoms with Crippen LogP contribution in [-0.4, -0.2) is 23.4 Å². The number of hydrogen-bond acceptors (Lipinski definition) is 1. The van der Waals surface area contributed by atoms with Crippen LogP contribution >= 0.6 is 0 Å². The van der Waals surface area contributed by atoms with E-state index in [9.17, 15) is 4.79 Å². The van der Waals surface area contributed by atoms with Gasteiger partial charge in [0.05, 0.1) is 0 Å². The van der Waals surface area contributed by atoms with Crippen LogP contribution in [0.25, 0.3) is 0 Å². The van der Waals surface area contributed by atoms with E-state index in [1.165, 1.54) is 19.3 Å². The number of hydrogen-bond donors (Lipinski definition) is 0. The van der Waals surface area contributed by atoms with E-state index in [1.54, 1.807) is 0 Å². The molecule has 14 heavy (non-hydrogen) atoms. The predicted octanol–water partition coefficient (Wildman–Crippen LogP) is 2.82. The molecule has 0 unspecified atom stereocenters. The molecular weight excluding hydrogens is 174 g/mol. The van der Waals surface area contributed by atoms with Crippen molar-refractivity contribution >= 4 is 5.91 Å². The number of amides is 1. The molecule has 0 saturated carbocycles. The summed E-state index contributed by atoms with van der Waals surface area (Å²) in [4.78, 5) is 14.1. The highest BCUT2D eigenvalue weighted by Gasteiger charge is 2.27. The topological polar surface area (TPSA) is 20.3 Å². The van der Waals surface area contributed by atoms with Gasteiger partial charge in [0.25, 0.3) is 0 Å². The molecule has 0 aromatic rings. The first kappa shape index (κ1) is 11.5. The molecule has 1 fully saturated rings. The molecule has 2 nitrogen and oxygen atoms in total. The summed E-state index contributed by atoms with van der Waals surface area (Å²) in [7, 11) is 0. The fraction of sp³-hybridized carbons (Fsp3) is 0.917. The molecule has 0 N–H and O–H groups in total. The maximum Gasteiger partial charge on any atom is 0.225 e. The van der Waals surface area contributed by atoms with Crippen LogP contribution in [0.15, 0.2) is 0 Å². The highest BCUT2D eigenvalue weighted by molar-refractivity contribution is 5.78. The van der Waals surface area contributed by atoms with Crippen LogP contribution in [0.5, 0.6) is 0 Å². The molecule has 0 radical (unpaired) electrons. The summed E-state index contributed by atoms with van der Waals surface area (Å²) in [5.41, 5.74) is 0. The van der Waals surface area contributed by atoms with Crippen LogP contribution in [0.1, 0.15) is 52.9 Å². The second-order valence-corrected chi connectivity index (χ2v) is 4.40. The summed E-state index contributed by atoms with van der Waals surface area (Å²) in [6.45, 7) is 7.31. The van der Waals surface area contributed by atoms with Crippen molar-refractivity contribution < 1.29 is 4.79 Å². The Morgan fingerprint density at radius 3 is 2.71 bits per heavy atom. The molecule has 1 aliphatic rings. The van der Waals surface area contributed by atoms with Gasteiger partial charge in [-0.1, -0.05) is 20.8 Å². The van der Waals surface area contributed by atoms with Crippen LogP contribution in [-0.2, 0) is 4.79 Å². The number of piperidine rings is 1. The van der Waals surface area contributed by atoms with Crippen molar-refractivity contribution in [1.29, 1.82) is 0 Å². The first-order valence-corrected chi connectivity index (χ1v) is 6.01. The van der Waals surface area contributed by atoms with Crippen molar-refractivity contribution in [2.45, 2.75) is 58.9 Å². The Labute approximate surface area is 87.7 Å². The van der Waals surface area contributed by atoms with E-state index >= 15 is 0 Å². The Bertz CT molecular complexity index is 191. The fourth-order valence-corrected chi connectivity index (χ4v) is 2.17. The molecule has 2 heteroatoms. The SMILES string of the molecule is CC[C@H]1CCCCN1C(=O)[C@H](C)CC. The highest BCUT2D eigenvalue weighted by Crippen LogP contribution is 2.22. The van der Waals surface area contributed by atoms with Gasteiger partial charge in [0.1, 0.15) is 0 Å². The average molecular weight is 197 g/mol. The van der Waals surface area contributed by atoms with Gasteiger partial charge in [-0.05, 0) is 32.1 Å². The van der Waals surface area contributed by atoms with E-state index in [2.05, 4.69) is 18.7 Å². The predicted molar refractivity (Wildman–Crippen MR) is 59.1 cm³/mol.